The summed E-state index contributed by atoms with van der Waals surface area (Å²) >= 11 is 7.25. The molecular formula is C16H21ClN4OS. The minimum Gasteiger partial charge on any atom is -0.351 e. The SMILES string of the molecule is CCCCCn1cnnc1SCC(=O)NCc1ccc(Cl)cc1. The number of halogens is 1. The van der Waals surface area contributed by atoms with Crippen LogP contribution in [0, 0.1) is 0 Å². The number of hydrogen-bond acceptors (Lipinski definition) is 4. The number of carbonyl (C=O) groups is 1. The van der Waals surface area contributed by atoms with E-state index in [2.05, 4.69) is 22.4 Å². The van der Waals surface area contributed by atoms with Crippen LogP contribution in [0.1, 0.15) is 31.7 Å². The number of carbonyl (C=O) groups excluding carboxylic acids is 1. The van der Waals surface area contributed by atoms with E-state index in [0.29, 0.717) is 17.3 Å². The van der Waals surface area contributed by atoms with Gasteiger partial charge in [-0.05, 0) is 24.1 Å². The number of nitrogens with zero attached hydrogens (tertiary/aromatic N) is 3. The van der Waals surface area contributed by atoms with Crippen molar-refractivity contribution in [3.8, 4) is 0 Å². The number of amides is 1. The Morgan fingerprint density at radius 3 is 2.83 bits per heavy atom. The summed E-state index contributed by atoms with van der Waals surface area (Å²) in [6.45, 7) is 3.57. The molecule has 0 bridgehead atoms. The molecule has 1 aromatic carbocycles. The Morgan fingerprint density at radius 2 is 2.09 bits per heavy atom. The van der Waals surface area contributed by atoms with E-state index in [0.717, 1.165) is 23.7 Å². The fraction of sp³-hybridized carbons (Fsp3) is 0.438. The van der Waals surface area contributed by atoms with Crippen LogP contribution in [0.2, 0.25) is 5.02 Å². The number of nitrogens with one attached hydrogen (secondary N) is 1. The molecule has 5 nitrogen and oxygen atoms in total. The summed E-state index contributed by atoms with van der Waals surface area (Å²) in [6.07, 6.45) is 5.19. The maximum atomic E-state index is 11.9. The standard InChI is InChI=1S/C16H21ClN4OS/c1-2-3-4-9-21-12-19-20-16(21)23-11-15(22)18-10-13-5-7-14(17)8-6-13/h5-8,12H,2-4,9-11H2,1H3,(H,18,22). The van der Waals surface area contributed by atoms with E-state index in [1.165, 1.54) is 24.6 Å². The van der Waals surface area contributed by atoms with Gasteiger partial charge in [0.25, 0.3) is 0 Å². The van der Waals surface area contributed by atoms with Crippen molar-refractivity contribution in [2.75, 3.05) is 5.75 Å². The Morgan fingerprint density at radius 1 is 1.30 bits per heavy atom. The Bertz CT molecular complexity index is 615. The van der Waals surface area contributed by atoms with Crippen LogP contribution in [-0.4, -0.2) is 26.4 Å². The van der Waals surface area contributed by atoms with Crippen LogP contribution in [0.3, 0.4) is 0 Å². The minimum absolute atomic E-state index is 0.0203. The van der Waals surface area contributed by atoms with Gasteiger partial charge < -0.3 is 9.88 Å². The molecule has 0 aliphatic rings. The first-order valence-corrected chi connectivity index (χ1v) is 9.07. The summed E-state index contributed by atoms with van der Waals surface area (Å²) in [7, 11) is 0. The monoisotopic (exact) mass is 352 g/mol. The predicted octanol–water partition coefficient (Wildman–Crippen LogP) is 3.53. The van der Waals surface area contributed by atoms with Crippen molar-refractivity contribution in [2.24, 2.45) is 0 Å². The summed E-state index contributed by atoms with van der Waals surface area (Å²) in [5.74, 6) is 0.313. The zero-order chi connectivity index (χ0) is 16.5. The smallest absolute Gasteiger partial charge is 0.230 e. The second kappa shape index (κ2) is 9.57. The van der Waals surface area contributed by atoms with Crippen LogP contribution in [0.25, 0.3) is 0 Å². The zero-order valence-corrected chi connectivity index (χ0v) is 14.7. The fourth-order valence-electron chi connectivity index (χ4n) is 2.03. The number of aryl methyl sites for hydroxylation is 1. The highest BCUT2D eigenvalue weighted by Crippen LogP contribution is 2.15. The number of unbranched alkanes of at least 4 members (excludes halogenated alkanes) is 2. The van der Waals surface area contributed by atoms with Crippen LogP contribution in [0.4, 0.5) is 0 Å². The zero-order valence-electron chi connectivity index (χ0n) is 13.2. The second-order valence-electron chi connectivity index (χ2n) is 5.21. The van der Waals surface area contributed by atoms with Gasteiger partial charge >= 0.3 is 0 Å². The van der Waals surface area contributed by atoms with Gasteiger partial charge in [0, 0.05) is 18.1 Å². The molecule has 0 saturated heterocycles. The van der Waals surface area contributed by atoms with E-state index in [1.807, 2.05) is 28.8 Å². The van der Waals surface area contributed by atoms with E-state index in [4.69, 9.17) is 11.6 Å². The topological polar surface area (TPSA) is 59.8 Å². The highest BCUT2D eigenvalue weighted by molar-refractivity contribution is 7.99. The number of thioether (sulfide) groups is 1. The van der Waals surface area contributed by atoms with Gasteiger partial charge in [-0.25, -0.2) is 0 Å². The third-order valence-electron chi connectivity index (χ3n) is 3.32. The molecule has 1 aromatic heterocycles. The quantitative estimate of drug-likeness (QED) is 0.554. The Labute approximate surface area is 145 Å². The van der Waals surface area contributed by atoms with Gasteiger partial charge in [-0.3, -0.25) is 4.79 Å². The molecule has 0 radical (unpaired) electrons. The van der Waals surface area contributed by atoms with Crippen molar-refractivity contribution in [3.05, 3.63) is 41.2 Å². The molecule has 2 rings (SSSR count). The third kappa shape index (κ3) is 6.23. The van der Waals surface area contributed by atoms with Gasteiger partial charge in [-0.15, -0.1) is 10.2 Å². The van der Waals surface area contributed by atoms with Crippen molar-refractivity contribution in [1.82, 2.24) is 20.1 Å². The van der Waals surface area contributed by atoms with Crippen LogP contribution in [-0.2, 0) is 17.9 Å². The highest BCUT2D eigenvalue weighted by atomic mass is 35.5. The van der Waals surface area contributed by atoms with Gasteiger partial charge in [0.15, 0.2) is 5.16 Å². The van der Waals surface area contributed by atoms with Crippen molar-refractivity contribution in [1.29, 1.82) is 0 Å². The van der Waals surface area contributed by atoms with Crippen LogP contribution < -0.4 is 5.32 Å². The maximum absolute atomic E-state index is 11.9. The van der Waals surface area contributed by atoms with Gasteiger partial charge in [0.2, 0.25) is 5.91 Å². The van der Waals surface area contributed by atoms with Gasteiger partial charge in [-0.2, -0.15) is 0 Å². The fourth-order valence-corrected chi connectivity index (χ4v) is 2.92. The Balaban J connectivity index is 1.74. The van der Waals surface area contributed by atoms with Gasteiger partial charge in [0.1, 0.15) is 6.33 Å². The largest absolute Gasteiger partial charge is 0.351 e. The molecule has 1 amide bonds. The Kier molecular flexibility index (Phi) is 7.42. The minimum atomic E-state index is -0.0203. The van der Waals surface area contributed by atoms with Gasteiger partial charge in [0.05, 0.1) is 5.75 Å². The molecule has 23 heavy (non-hydrogen) atoms. The van der Waals surface area contributed by atoms with E-state index in [9.17, 15) is 4.79 Å². The molecule has 2 aromatic rings. The molecule has 0 saturated carbocycles. The first-order valence-electron chi connectivity index (χ1n) is 7.70. The van der Waals surface area contributed by atoms with Crippen molar-refractivity contribution in [2.45, 2.75) is 44.4 Å². The molecule has 1 heterocycles. The Hall–Kier alpha value is -1.53. The van der Waals surface area contributed by atoms with Crippen LogP contribution in [0.15, 0.2) is 35.7 Å². The van der Waals surface area contributed by atoms with Crippen LogP contribution in [0.5, 0.6) is 0 Å². The normalized spacial score (nSPS) is 10.7. The van der Waals surface area contributed by atoms with E-state index < -0.39 is 0 Å². The van der Waals surface area contributed by atoms with Crippen LogP contribution >= 0.6 is 23.4 Å². The summed E-state index contributed by atoms with van der Waals surface area (Å²) in [5, 5.41) is 12.4. The molecular weight excluding hydrogens is 332 g/mol. The lowest BCUT2D eigenvalue weighted by atomic mass is 10.2. The van der Waals surface area contributed by atoms with Crippen molar-refractivity contribution in [3.63, 3.8) is 0 Å². The average Bonchev–Trinajstić information content (AvgIpc) is 3.00. The number of aromatic nitrogens is 3. The van der Waals surface area contributed by atoms with E-state index in [1.54, 1.807) is 6.33 Å². The lowest BCUT2D eigenvalue weighted by Crippen LogP contribution is -2.24. The highest BCUT2D eigenvalue weighted by Gasteiger charge is 2.08. The molecule has 124 valence electrons. The number of hydrogen-bond donors (Lipinski definition) is 1. The predicted molar refractivity (Wildman–Crippen MR) is 93.6 cm³/mol. The molecule has 0 unspecified atom stereocenters. The van der Waals surface area contributed by atoms with E-state index in [-0.39, 0.29) is 5.91 Å². The molecule has 0 aliphatic heterocycles. The molecule has 7 heteroatoms. The lowest BCUT2D eigenvalue weighted by Gasteiger charge is -2.07. The maximum Gasteiger partial charge on any atom is 0.230 e. The third-order valence-corrected chi connectivity index (χ3v) is 4.55. The number of rotatable bonds is 9. The molecule has 1 N–H and O–H groups in total. The van der Waals surface area contributed by atoms with Crippen molar-refractivity contribution < 1.29 is 4.79 Å². The molecule has 0 atom stereocenters. The summed E-state index contributed by atoms with van der Waals surface area (Å²) in [5.41, 5.74) is 1.02. The molecule has 0 spiro atoms. The molecule has 0 aliphatic carbocycles. The second-order valence-corrected chi connectivity index (χ2v) is 6.58. The number of benzene rings is 1. The summed E-state index contributed by atoms with van der Waals surface area (Å²) in [6, 6.07) is 7.44. The first kappa shape index (κ1) is 17.8. The van der Waals surface area contributed by atoms with Crippen molar-refractivity contribution >= 4 is 29.3 Å². The first-order chi connectivity index (χ1) is 11.2. The van der Waals surface area contributed by atoms with E-state index >= 15 is 0 Å². The van der Waals surface area contributed by atoms with Gasteiger partial charge in [-0.1, -0.05) is 55.3 Å². The lowest BCUT2D eigenvalue weighted by molar-refractivity contribution is -0.118. The molecule has 0 fully saturated rings. The summed E-state index contributed by atoms with van der Waals surface area (Å²) in [4.78, 5) is 11.9. The summed E-state index contributed by atoms with van der Waals surface area (Å²) < 4.78 is 2.01. The average molecular weight is 353 g/mol.